The number of nitrogens with zero attached hydrogens (tertiary/aromatic N) is 1. The molecule has 0 spiro atoms. The van der Waals surface area contributed by atoms with Gasteiger partial charge in [0.2, 0.25) is 10.0 Å². The maximum Gasteiger partial charge on any atom is 0.352 e. The molecule has 1 saturated heterocycles. The van der Waals surface area contributed by atoms with Gasteiger partial charge in [-0.1, -0.05) is 0 Å². The predicted molar refractivity (Wildman–Crippen MR) is 60.3 cm³/mol. The van der Waals surface area contributed by atoms with Crippen LogP contribution in [0.3, 0.4) is 0 Å². The van der Waals surface area contributed by atoms with E-state index in [1.807, 2.05) is 6.92 Å². The van der Waals surface area contributed by atoms with E-state index in [0.717, 1.165) is 18.9 Å². The monoisotopic (exact) mass is 258 g/mol. The molecule has 0 aliphatic carbocycles. The normalized spacial score (nSPS) is 21.8. The summed E-state index contributed by atoms with van der Waals surface area (Å²) in [5.74, 6) is -1.17. The number of nitrogens with one attached hydrogen (secondary N) is 1. The molecule has 1 aliphatic heterocycles. The van der Waals surface area contributed by atoms with Crippen LogP contribution in [0.4, 0.5) is 0 Å². The van der Waals surface area contributed by atoms with Crippen LogP contribution in [0, 0.1) is 0 Å². The molecule has 6 nitrogen and oxygen atoms in total. The lowest BCUT2D eigenvalue weighted by atomic mass is 10.3. The Morgan fingerprint density at radius 2 is 2.29 bits per heavy atom. The first-order valence-corrected chi connectivity index (χ1v) is 6.80. The number of carbonyl (C=O) groups is 1. The lowest BCUT2D eigenvalue weighted by Crippen LogP contribution is -2.33. The molecule has 1 aromatic rings. The van der Waals surface area contributed by atoms with Crippen molar-refractivity contribution in [2.24, 2.45) is 0 Å². The topological polar surface area (TPSA) is 90.5 Å². The van der Waals surface area contributed by atoms with Gasteiger partial charge in [0.25, 0.3) is 0 Å². The third-order valence-corrected chi connectivity index (χ3v) is 4.98. The first-order chi connectivity index (χ1) is 7.93. The van der Waals surface area contributed by atoms with Crippen LogP contribution < -0.4 is 0 Å². The Kier molecular flexibility index (Phi) is 2.96. The molecule has 1 unspecified atom stereocenters. The largest absolute Gasteiger partial charge is 0.477 e. The Bertz CT molecular complexity index is 534. The summed E-state index contributed by atoms with van der Waals surface area (Å²) < 4.78 is 25.8. The highest BCUT2D eigenvalue weighted by Crippen LogP contribution is 2.25. The van der Waals surface area contributed by atoms with Gasteiger partial charge in [0, 0.05) is 18.8 Å². The Hall–Kier alpha value is -1.34. The van der Waals surface area contributed by atoms with Gasteiger partial charge in [0.1, 0.15) is 10.6 Å². The summed E-state index contributed by atoms with van der Waals surface area (Å²) in [6.07, 6.45) is 2.91. The Labute approximate surface area is 99.3 Å². The maximum atomic E-state index is 12.2. The van der Waals surface area contributed by atoms with E-state index in [1.54, 1.807) is 0 Å². The van der Waals surface area contributed by atoms with Gasteiger partial charge in [0.05, 0.1) is 0 Å². The number of sulfonamides is 1. The summed E-state index contributed by atoms with van der Waals surface area (Å²) in [6.45, 7) is 2.35. The zero-order valence-corrected chi connectivity index (χ0v) is 10.2. The van der Waals surface area contributed by atoms with Gasteiger partial charge in [-0.3, -0.25) is 0 Å². The second-order valence-corrected chi connectivity index (χ2v) is 6.05. The van der Waals surface area contributed by atoms with Crippen LogP contribution in [0.25, 0.3) is 0 Å². The molecule has 94 valence electrons. The summed E-state index contributed by atoms with van der Waals surface area (Å²) in [5, 5.41) is 8.74. The van der Waals surface area contributed by atoms with E-state index in [0.29, 0.717) is 6.54 Å². The van der Waals surface area contributed by atoms with E-state index >= 15 is 0 Å². The van der Waals surface area contributed by atoms with E-state index in [1.165, 1.54) is 10.5 Å². The van der Waals surface area contributed by atoms with Gasteiger partial charge < -0.3 is 10.1 Å². The number of hydrogen-bond acceptors (Lipinski definition) is 3. The highest BCUT2D eigenvalue weighted by molar-refractivity contribution is 7.89. The standard InChI is InChI=1S/C10H14N2O4S/c1-7-3-2-4-12(7)17(15,16)8-5-9(10(13)14)11-6-8/h5-7,11H,2-4H2,1H3,(H,13,14). The minimum Gasteiger partial charge on any atom is -0.477 e. The summed E-state index contributed by atoms with van der Waals surface area (Å²) in [4.78, 5) is 13.1. The van der Waals surface area contributed by atoms with Gasteiger partial charge >= 0.3 is 5.97 Å². The maximum absolute atomic E-state index is 12.2. The summed E-state index contributed by atoms with van der Waals surface area (Å²) in [5.41, 5.74) is -0.115. The summed E-state index contributed by atoms with van der Waals surface area (Å²) >= 11 is 0. The molecule has 1 aromatic heterocycles. The Morgan fingerprint density at radius 3 is 2.76 bits per heavy atom. The van der Waals surface area contributed by atoms with Crippen molar-refractivity contribution >= 4 is 16.0 Å². The fraction of sp³-hybridized carbons (Fsp3) is 0.500. The predicted octanol–water partition coefficient (Wildman–Crippen LogP) is 0.886. The number of aromatic carboxylic acids is 1. The van der Waals surface area contributed by atoms with Crippen molar-refractivity contribution in [3.05, 3.63) is 18.0 Å². The zero-order valence-electron chi connectivity index (χ0n) is 9.38. The molecule has 2 heterocycles. The molecule has 1 atom stereocenters. The van der Waals surface area contributed by atoms with Crippen molar-refractivity contribution in [3.8, 4) is 0 Å². The number of carboxylic acids is 1. The number of carboxylic acid groups (broad SMARTS) is 1. The molecule has 1 fully saturated rings. The van der Waals surface area contributed by atoms with Gasteiger partial charge in [0.15, 0.2) is 0 Å². The molecule has 0 aromatic carbocycles. The minimum atomic E-state index is -3.56. The molecule has 17 heavy (non-hydrogen) atoms. The van der Waals surface area contributed by atoms with Crippen molar-refractivity contribution in [2.75, 3.05) is 6.54 Å². The fourth-order valence-corrected chi connectivity index (χ4v) is 3.74. The fourth-order valence-electron chi connectivity index (χ4n) is 2.05. The SMILES string of the molecule is CC1CCCN1S(=O)(=O)c1c[nH]c(C(=O)O)c1. The molecule has 0 amide bonds. The molecule has 1 aliphatic rings. The van der Waals surface area contributed by atoms with Crippen molar-refractivity contribution in [1.29, 1.82) is 0 Å². The molecular weight excluding hydrogens is 244 g/mol. The second kappa shape index (κ2) is 4.15. The van der Waals surface area contributed by atoms with Crippen LogP contribution >= 0.6 is 0 Å². The Morgan fingerprint density at radius 1 is 1.59 bits per heavy atom. The lowest BCUT2D eigenvalue weighted by Gasteiger charge is -2.19. The summed E-state index contributed by atoms with van der Waals surface area (Å²) in [7, 11) is -3.56. The molecule has 2 N–H and O–H groups in total. The van der Waals surface area contributed by atoms with E-state index in [2.05, 4.69) is 4.98 Å². The lowest BCUT2D eigenvalue weighted by molar-refractivity contribution is 0.0691. The molecule has 7 heteroatoms. The van der Waals surface area contributed by atoms with E-state index in [9.17, 15) is 13.2 Å². The first kappa shape index (κ1) is 12.1. The number of rotatable bonds is 3. The number of aromatic amines is 1. The van der Waals surface area contributed by atoms with Crippen molar-refractivity contribution in [1.82, 2.24) is 9.29 Å². The molecular formula is C10H14N2O4S. The van der Waals surface area contributed by atoms with Crippen LogP contribution in [0.15, 0.2) is 17.2 Å². The highest BCUT2D eigenvalue weighted by Gasteiger charge is 2.33. The van der Waals surface area contributed by atoms with Crippen LogP contribution in [-0.4, -0.2) is 41.4 Å². The van der Waals surface area contributed by atoms with Gasteiger partial charge in [-0.25, -0.2) is 13.2 Å². The number of H-pyrrole nitrogens is 1. The van der Waals surface area contributed by atoms with Crippen molar-refractivity contribution in [3.63, 3.8) is 0 Å². The van der Waals surface area contributed by atoms with Gasteiger partial charge in [-0.15, -0.1) is 0 Å². The van der Waals surface area contributed by atoms with E-state index in [4.69, 9.17) is 5.11 Å². The average Bonchev–Trinajstić information content (AvgIpc) is 2.84. The smallest absolute Gasteiger partial charge is 0.352 e. The Balaban J connectivity index is 2.34. The highest BCUT2D eigenvalue weighted by atomic mass is 32.2. The average molecular weight is 258 g/mol. The van der Waals surface area contributed by atoms with Crippen LogP contribution in [0.2, 0.25) is 0 Å². The second-order valence-electron chi connectivity index (χ2n) is 4.16. The van der Waals surface area contributed by atoms with Crippen molar-refractivity contribution in [2.45, 2.75) is 30.7 Å². The van der Waals surface area contributed by atoms with Crippen LogP contribution in [0.1, 0.15) is 30.3 Å². The van der Waals surface area contributed by atoms with Crippen molar-refractivity contribution < 1.29 is 18.3 Å². The third kappa shape index (κ3) is 2.07. The molecule has 0 bridgehead atoms. The molecule has 0 saturated carbocycles. The third-order valence-electron chi connectivity index (χ3n) is 2.99. The van der Waals surface area contributed by atoms with Crippen LogP contribution in [-0.2, 0) is 10.0 Å². The van der Waals surface area contributed by atoms with E-state index in [-0.39, 0.29) is 16.6 Å². The summed E-state index contributed by atoms with van der Waals surface area (Å²) in [6, 6.07) is 1.13. The van der Waals surface area contributed by atoms with Gasteiger partial charge in [-0.05, 0) is 25.8 Å². The van der Waals surface area contributed by atoms with Gasteiger partial charge in [-0.2, -0.15) is 4.31 Å². The quantitative estimate of drug-likeness (QED) is 0.842. The first-order valence-electron chi connectivity index (χ1n) is 5.36. The minimum absolute atomic E-state index is 0.0173. The molecule has 0 radical (unpaired) electrons. The molecule has 2 rings (SSSR count). The van der Waals surface area contributed by atoms with E-state index < -0.39 is 16.0 Å². The number of aromatic nitrogens is 1. The zero-order chi connectivity index (χ0) is 12.6. The van der Waals surface area contributed by atoms with Crippen LogP contribution in [0.5, 0.6) is 0 Å². The number of hydrogen-bond donors (Lipinski definition) is 2.